The minimum absolute atomic E-state index is 0.0153. The van der Waals surface area contributed by atoms with Crippen LogP contribution in [0.1, 0.15) is 70.9 Å². The Morgan fingerprint density at radius 3 is 1.84 bits per heavy atom. The Hall–Kier alpha value is -5.40. The van der Waals surface area contributed by atoms with Crippen molar-refractivity contribution < 1.29 is 148 Å². The zero-order valence-electron chi connectivity index (χ0n) is 56.2. The number of benzene rings is 3. The molecule has 3 aromatic carbocycles. The van der Waals surface area contributed by atoms with Gasteiger partial charge in [-0.3, -0.25) is 19.3 Å². The van der Waals surface area contributed by atoms with Gasteiger partial charge in [-0.2, -0.15) is 0 Å². The van der Waals surface area contributed by atoms with Crippen LogP contribution in [0.3, 0.4) is 0 Å². The first kappa shape index (κ1) is 80.7. The summed E-state index contributed by atoms with van der Waals surface area (Å²) in [6.07, 6.45) is -36.7. The van der Waals surface area contributed by atoms with Gasteiger partial charge in [-0.05, 0) is 51.3 Å². The van der Waals surface area contributed by atoms with E-state index in [1.165, 1.54) is 44.4 Å². The largest absolute Gasteiger partial charge is 0.477 e. The van der Waals surface area contributed by atoms with Gasteiger partial charge in [0.1, 0.15) is 85.5 Å². The Morgan fingerprint density at radius 1 is 0.716 bits per heavy atom. The van der Waals surface area contributed by atoms with Crippen LogP contribution in [0.2, 0.25) is 0 Å². The molecule has 102 heavy (non-hydrogen) atoms. The predicted molar refractivity (Wildman–Crippen MR) is 356 cm³/mol. The summed E-state index contributed by atoms with van der Waals surface area (Å²) >= 11 is 6.84. The fourth-order valence-electron chi connectivity index (χ4n) is 13.4. The van der Waals surface area contributed by atoms with E-state index in [-0.39, 0.29) is 29.9 Å². The number of nitrogens with zero attached hydrogens (tertiary/aromatic N) is 1. The Bertz CT molecular complexity index is 3390. The van der Waals surface area contributed by atoms with Gasteiger partial charge in [0.05, 0.1) is 80.2 Å². The molecular formula is C67H90N2O30S3. The second kappa shape index (κ2) is 34.9. The highest BCUT2D eigenvalue weighted by molar-refractivity contribution is 8.28. The molecule has 9 rings (SSSR count). The smallest absolute Gasteiger partial charge is 0.411 e. The molecule has 32 nitrogen and oxygen atoms in total. The molecule has 0 aromatic heterocycles. The van der Waals surface area contributed by atoms with Gasteiger partial charge in [-0.25, -0.2) is 14.4 Å². The molecule has 2 amide bonds. The van der Waals surface area contributed by atoms with Gasteiger partial charge in [0.2, 0.25) is 5.91 Å². The summed E-state index contributed by atoms with van der Waals surface area (Å²) in [5, 5.41) is 155. The molecule has 5 fully saturated rings. The third-order valence-corrected chi connectivity index (χ3v) is 23.2. The number of aliphatic hydroxyl groups excluding tert-OH is 12. The zero-order valence-corrected chi connectivity index (χ0v) is 58.7. The number of Topliss-reactive ketones (excluding diaryl/α,β-unsaturated/α-hetero) is 1. The van der Waals surface area contributed by atoms with Gasteiger partial charge in [0.25, 0.3) is 11.6 Å². The van der Waals surface area contributed by atoms with Gasteiger partial charge >= 0.3 is 24.0 Å². The molecule has 1 aliphatic carbocycles. The Morgan fingerprint density at radius 2 is 1.26 bits per heavy atom. The summed E-state index contributed by atoms with van der Waals surface area (Å²) in [5.41, 5.74) is 3.80. The second-order valence-electron chi connectivity index (χ2n) is 26.4. The molecule has 0 saturated carbocycles. The normalized spacial score (nSPS) is 33.9. The van der Waals surface area contributed by atoms with Crippen molar-refractivity contribution in [1.82, 2.24) is 10.2 Å². The van der Waals surface area contributed by atoms with E-state index < -0.39 is 249 Å². The van der Waals surface area contributed by atoms with E-state index in [1.807, 2.05) is 55.5 Å². The number of amides is 2. The number of carboxylic acid groups (broad SMARTS) is 2. The first-order chi connectivity index (χ1) is 48.4. The van der Waals surface area contributed by atoms with Gasteiger partial charge in [-0.1, -0.05) is 105 Å². The summed E-state index contributed by atoms with van der Waals surface area (Å²) in [5.74, 6) is -17.0. The number of esters is 1. The van der Waals surface area contributed by atoms with Crippen molar-refractivity contribution in [2.75, 3.05) is 57.0 Å². The number of aliphatic hydroxyl groups is 12. The van der Waals surface area contributed by atoms with Crippen LogP contribution in [-0.4, -0.2) is 297 Å². The van der Waals surface area contributed by atoms with Crippen molar-refractivity contribution in [1.29, 1.82) is 0 Å². The number of ether oxygens (including phenoxy) is 10. The molecular weight excluding hydrogens is 1410 g/mol. The maximum absolute atomic E-state index is 14.9. The van der Waals surface area contributed by atoms with Crippen LogP contribution < -0.4 is 10.1 Å². The van der Waals surface area contributed by atoms with Gasteiger partial charge in [0.15, 0.2) is 18.4 Å². The molecule has 8 unspecified atom stereocenters. The number of rotatable bonds is 30. The topological polar surface area (TPSA) is 493 Å². The number of carboxylic acids is 2. The lowest BCUT2D eigenvalue weighted by Gasteiger charge is -2.50. The van der Waals surface area contributed by atoms with E-state index in [0.29, 0.717) is 10.6 Å². The van der Waals surface area contributed by atoms with Crippen LogP contribution in [0.4, 0.5) is 4.79 Å². The molecule has 15 N–H and O–H groups in total. The number of aliphatic carboxylic acids is 2. The van der Waals surface area contributed by atoms with Crippen LogP contribution in [0, 0.1) is 23.7 Å². The lowest BCUT2D eigenvalue weighted by molar-refractivity contribution is -0.387. The number of carbonyl (C=O) groups is 6. The first-order valence-corrected chi connectivity index (χ1v) is 36.8. The molecule has 5 saturated heterocycles. The Balaban J connectivity index is 1.02. The highest BCUT2D eigenvalue weighted by atomic mass is 32.8. The molecule has 0 bridgehead atoms. The maximum atomic E-state index is 14.9. The van der Waals surface area contributed by atoms with Crippen molar-refractivity contribution in [2.45, 2.75) is 192 Å². The number of nitrogens with one attached hydrogen (secondary N) is 1. The van der Waals surface area contributed by atoms with Gasteiger partial charge < -0.3 is 124 Å². The summed E-state index contributed by atoms with van der Waals surface area (Å²) in [4.78, 5) is 86.1. The predicted octanol–water partition coefficient (Wildman–Crippen LogP) is -2.02. The molecule has 35 heteroatoms. The Labute approximate surface area is 597 Å². The molecule has 26 atom stereocenters. The molecule has 3 aromatic rings. The SMILES string of the molecule is CCS(=S)c1ccccc1OC(=O)[C@H](C)CC(=O)[C@H](COC1OC(CO[C@]2(C(=O)O)C[C@@H](O)[C@@H](C)C([C@H](O)[C@H](O)CO)O2)C(O)[C@H](O[C@@H]2OC(CO)[C@H](O)[C@H](O[C@]3(C(=O)O)C[C@@H](O)[C@@H](C)C([C@H](O)[C@H](O)CO)O3)C2O)[C@@H]1C)NC(=O)[C@@H]1CSCN1C(=O)OCC1c2ccccc2-c2ccccc21. The average Bonchev–Trinajstić information content (AvgIpc) is 1.23. The van der Waals surface area contributed by atoms with Crippen LogP contribution >= 0.6 is 11.8 Å². The van der Waals surface area contributed by atoms with Gasteiger partial charge in [-0.15, -0.1) is 11.8 Å². The number of hydrogen-bond donors (Lipinski definition) is 15. The monoisotopic (exact) mass is 1500 g/mol. The summed E-state index contributed by atoms with van der Waals surface area (Å²) in [6.45, 7) is 2.04. The van der Waals surface area contributed by atoms with Crippen LogP contribution in [0.15, 0.2) is 77.7 Å². The van der Waals surface area contributed by atoms with Crippen LogP contribution in [-0.2, 0) is 87.2 Å². The second-order valence-corrected chi connectivity index (χ2v) is 30.3. The first-order valence-electron chi connectivity index (χ1n) is 33.3. The number of carbonyl (C=O) groups excluding carboxylic acids is 4. The minimum Gasteiger partial charge on any atom is -0.477 e. The highest BCUT2D eigenvalue weighted by Crippen LogP contribution is 2.46. The van der Waals surface area contributed by atoms with E-state index in [2.05, 4.69) is 5.32 Å². The van der Waals surface area contributed by atoms with Crippen molar-refractivity contribution in [3.8, 4) is 16.9 Å². The van der Waals surface area contributed by atoms with E-state index in [9.17, 15) is 100 Å². The van der Waals surface area contributed by atoms with E-state index in [4.69, 9.17) is 58.6 Å². The number of fused-ring (bicyclic) bond motifs is 3. The number of hydrogen-bond acceptors (Lipinski definition) is 30. The summed E-state index contributed by atoms with van der Waals surface area (Å²) in [7, 11) is -0.757. The minimum atomic E-state index is -3.09. The molecule has 5 heterocycles. The van der Waals surface area contributed by atoms with Gasteiger partial charge in [0, 0.05) is 48.7 Å². The molecule has 566 valence electrons. The molecule has 5 aliphatic heterocycles. The maximum Gasteiger partial charge on any atom is 0.411 e. The number of thioether (sulfide) groups is 1. The molecule has 0 spiro atoms. The third-order valence-electron chi connectivity index (χ3n) is 19.6. The van der Waals surface area contributed by atoms with Crippen LogP contribution in [0.25, 0.3) is 11.1 Å². The van der Waals surface area contributed by atoms with Crippen LogP contribution in [0.5, 0.6) is 5.75 Å². The van der Waals surface area contributed by atoms with E-state index >= 15 is 0 Å². The van der Waals surface area contributed by atoms with Crippen molar-refractivity contribution >= 4 is 68.1 Å². The fraction of sp³-hybridized carbons (Fsp3) is 0.642. The quantitative estimate of drug-likeness (QED) is 0.0253. The highest BCUT2D eigenvalue weighted by Gasteiger charge is 2.61. The lowest BCUT2D eigenvalue weighted by atomic mass is 9.84. The third kappa shape index (κ3) is 17.3. The molecule has 6 aliphatic rings. The number of ketones is 1. The lowest BCUT2D eigenvalue weighted by Crippen LogP contribution is -2.68. The number of para-hydroxylation sites is 1. The van der Waals surface area contributed by atoms with Crippen molar-refractivity contribution in [2.24, 2.45) is 23.7 Å². The van der Waals surface area contributed by atoms with Crippen molar-refractivity contribution in [3.05, 3.63) is 83.9 Å². The standard InChI is InChI=1S/C67H90N2O30S3/c1-6-102(100)49-18-12-11-17-46(49)93-60(84)30(2)19-41(73)39(68-59(83)40-28-101-29-69(40)65(89)91-25-38-36-15-9-7-13-34(36)35-14-8-10-16-37(35)38)26-90-61-33(5)55(53(81)48(95-61)27-92-66(63(85)86)20-42(74)31(3)56(97-66)50(78)44(76)22-70)96-62-54(82)58(52(80)47(24-72)94-62)99-67(64(87)88)21-43(75)32(4)57(98-67)51(79)45(77)23-71/h7-18,30-33,38-40,42-45,47-48,50-58,61-62,70-72,74-82H,6,19-29H2,1-5H3,(H,68,83)(H,85,86)(H,87,88)/t30-,31-,32-,33+,39+,40+,42-,43-,44-,45-,47?,48?,50-,51-,52+,53?,54?,55-,56?,57?,58+,61?,62+,66-,67+,102?/m1/s1. The zero-order chi connectivity index (χ0) is 74.4. The average molecular weight is 1500 g/mol. The molecule has 0 radical (unpaired) electrons. The van der Waals surface area contributed by atoms with E-state index in [0.717, 1.165) is 22.3 Å². The van der Waals surface area contributed by atoms with Crippen molar-refractivity contribution in [3.63, 3.8) is 0 Å². The fourth-order valence-corrected chi connectivity index (χ4v) is 15.8. The summed E-state index contributed by atoms with van der Waals surface area (Å²) in [6, 6.07) is 18.9. The van der Waals surface area contributed by atoms with E-state index in [1.54, 1.807) is 24.3 Å². The Kier molecular flexibility index (Phi) is 27.6. The summed E-state index contributed by atoms with van der Waals surface area (Å²) < 4.78 is 60.0.